The molecule has 7 heteroatoms. The van der Waals surface area contributed by atoms with E-state index in [0.29, 0.717) is 0 Å². The molecule has 4 bridgehead atoms. The zero-order valence-corrected chi connectivity index (χ0v) is 15.1. The van der Waals surface area contributed by atoms with Gasteiger partial charge in [0.1, 0.15) is 6.54 Å². The van der Waals surface area contributed by atoms with Gasteiger partial charge >= 0.3 is 6.18 Å². The molecule has 1 N–H and O–H groups in total. The van der Waals surface area contributed by atoms with Gasteiger partial charge in [-0.1, -0.05) is 6.92 Å². The highest BCUT2D eigenvalue weighted by Crippen LogP contribution is 2.61. The summed E-state index contributed by atoms with van der Waals surface area (Å²) in [5.74, 6) is 2.15. The first kappa shape index (κ1) is 17.9. The molecule has 144 valence electrons. The van der Waals surface area contributed by atoms with E-state index in [0.717, 1.165) is 34.9 Å². The molecule has 1 unspecified atom stereocenters. The molecule has 0 aromatic carbocycles. The number of carbonyl (C=O) groups excluding carboxylic acids is 1. The van der Waals surface area contributed by atoms with E-state index < -0.39 is 11.9 Å². The third kappa shape index (κ3) is 3.25. The zero-order valence-electron chi connectivity index (χ0n) is 15.1. The van der Waals surface area contributed by atoms with Crippen molar-refractivity contribution in [3.05, 3.63) is 18.0 Å². The van der Waals surface area contributed by atoms with Crippen LogP contribution in [0, 0.1) is 23.2 Å². The first-order valence-electron chi connectivity index (χ1n) is 9.67. The number of rotatable bonds is 5. The Morgan fingerprint density at radius 3 is 2.31 bits per heavy atom. The monoisotopic (exact) mass is 369 g/mol. The lowest BCUT2D eigenvalue weighted by molar-refractivity contribution is -0.141. The molecule has 4 aliphatic rings. The lowest BCUT2D eigenvalue weighted by atomic mass is 9.47. The highest BCUT2D eigenvalue weighted by Gasteiger charge is 2.54. The molecule has 0 aliphatic heterocycles. The van der Waals surface area contributed by atoms with Crippen LogP contribution in [0.4, 0.5) is 13.2 Å². The number of hydrogen-bond acceptors (Lipinski definition) is 2. The summed E-state index contributed by atoms with van der Waals surface area (Å²) in [6.07, 6.45) is 5.21. The predicted molar refractivity (Wildman–Crippen MR) is 90.1 cm³/mol. The molecular weight excluding hydrogens is 343 g/mol. The predicted octanol–water partition coefficient (Wildman–Crippen LogP) is 4.01. The summed E-state index contributed by atoms with van der Waals surface area (Å²) >= 11 is 0. The van der Waals surface area contributed by atoms with Gasteiger partial charge in [-0.3, -0.25) is 9.48 Å². The number of aromatic nitrogens is 2. The Labute approximate surface area is 151 Å². The van der Waals surface area contributed by atoms with Crippen LogP contribution in [0.2, 0.25) is 0 Å². The lowest BCUT2D eigenvalue weighted by Gasteiger charge is -2.59. The highest BCUT2D eigenvalue weighted by atomic mass is 19.4. The Morgan fingerprint density at radius 1 is 1.27 bits per heavy atom. The number of alkyl halides is 3. The Morgan fingerprint density at radius 2 is 1.85 bits per heavy atom. The summed E-state index contributed by atoms with van der Waals surface area (Å²) in [5.41, 5.74) is -0.765. The highest BCUT2D eigenvalue weighted by molar-refractivity contribution is 5.76. The largest absolute Gasteiger partial charge is 0.435 e. The number of carbonyl (C=O) groups is 1. The van der Waals surface area contributed by atoms with E-state index in [9.17, 15) is 18.0 Å². The van der Waals surface area contributed by atoms with Gasteiger partial charge in [0.05, 0.1) is 0 Å². The van der Waals surface area contributed by atoms with Gasteiger partial charge in [0.15, 0.2) is 5.69 Å². The Kier molecular flexibility index (Phi) is 4.31. The van der Waals surface area contributed by atoms with Gasteiger partial charge in [-0.15, -0.1) is 0 Å². The van der Waals surface area contributed by atoms with Gasteiger partial charge in [0.2, 0.25) is 5.91 Å². The molecular formula is C19H26F3N3O. The van der Waals surface area contributed by atoms with Crippen LogP contribution in [0.25, 0.3) is 0 Å². The fourth-order valence-electron chi connectivity index (χ4n) is 6.28. The third-order valence-corrected chi connectivity index (χ3v) is 6.80. The zero-order chi connectivity index (χ0) is 18.5. The van der Waals surface area contributed by atoms with Crippen LogP contribution in [0.5, 0.6) is 0 Å². The molecule has 26 heavy (non-hydrogen) atoms. The molecule has 4 saturated carbocycles. The average Bonchev–Trinajstić information content (AvgIpc) is 2.99. The van der Waals surface area contributed by atoms with Gasteiger partial charge in [0.25, 0.3) is 0 Å². The number of halogens is 3. The van der Waals surface area contributed by atoms with E-state index in [1.807, 2.05) is 0 Å². The molecule has 0 radical (unpaired) electrons. The summed E-state index contributed by atoms with van der Waals surface area (Å²) in [6.45, 7) is 1.93. The summed E-state index contributed by atoms with van der Waals surface area (Å²) in [7, 11) is 0. The van der Waals surface area contributed by atoms with Crippen LogP contribution in [-0.4, -0.2) is 21.7 Å². The minimum absolute atomic E-state index is 0.112. The second-order valence-electron chi connectivity index (χ2n) is 8.70. The fourth-order valence-corrected chi connectivity index (χ4v) is 6.28. The minimum atomic E-state index is -4.48. The number of amides is 1. The van der Waals surface area contributed by atoms with Crippen molar-refractivity contribution in [3.8, 4) is 0 Å². The normalized spacial score (nSPS) is 34.1. The SMILES string of the molecule is CCC(NC(=O)Cn1ccc(C(F)(F)F)n1)C12CC3CC(CC(C3)C1)C2. The second kappa shape index (κ2) is 6.27. The van der Waals surface area contributed by atoms with Crippen LogP contribution in [-0.2, 0) is 17.5 Å². The van der Waals surface area contributed by atoms with E-state index in [4.69, 9.17) is 0 Å². The summed E-state index contributed by atoms with van der Waals surface area (Å²) < 4.78 is 39.0. The van der Waals surface area contributed by atoms with Crippen LogP contribution in [0.15, 0.2) is 12.3 Å². The average molecular weight is 369 g/mol. The second-order valence-corrected chi connectivity index (χ2v) is 8.70. The van der Waals surface area contributed by atoms with Gasteiger partial charge < -0.3 is 5.32 Å². The third-order valence-electron chi connectivity index (χ3n) is 6.80. The maximum Gasteiger partial charge on any atom is 0.435 e. The number of nitrogens with one attached hydrogen (secondary N) is 1. The smallest absolute Gasteiger partial charge is 0.351 e. The van der Waals surface area contributed by atoms with Crippen LogP contribution in [0.3, 0.4) is 0 Å². The summed E-state index contributed by atoms with van der Waals surface area (Å²) in [5, 5.41) is 6.62. The molecule has 1 aromatic rings. The standard InChI is InChI=1S/C19H26F3N3O/c1-2-15(18-8-12-5-13(9-18)7-14(6-12)10-18)23-17(26)11-25-4-3-16(24-25)19(20,21)22/h3-4,12-15H,2,5-11H2,1H3,(H,23,26). The molecule has 0 saturated heterocycles. The van der Waals surface area contributed by atoms with Crippen LogP contribution in [0.1, 0.15) is 57.6 Å². The topological polar surface area (TPSA) is 46.9 Å². The fraction of sp³-hybridized carbons (Fsp3) is 0.789. The number of nitrogens with zero attached hydrogens (tertiary/aromatic N) is 2. The number of hydrogen-bond donors (Lipinski definition) is 1. The van der Waals surface area contributed by atoms with Crippen LogP contribution < -0.4 is 5.32 Å². The Hall–Kier alpha value is -1.53. The molecule has 1 atom stereocenters. The van der Waals surface area contributed by atoms with Crippen molar-refractivity contribution in [3.63, 3.8) is 0 Å². The minimum Gasteiger partial charge on any atom is -0.351 e. The van der Waals surface area contributed by atoms with E-state index >= 15 is 0 Å². The molecule has 1 aromatic heterocycles. The van der Waals surface area contributed by atoms with Crippen molar-refractivity contribution in [2.45, 2.75) is 70.6 Å². The first-order chi connectivity index (χ1) is 12.3. The lowest BCUT2D eigenvalue weighted by Crippen LogP contribution is -2.57. The Bertz CT molecular complexity index is 647. The van der Waals surface area contributed by atoms with Crippen molar-refractivity contribution in [2.75, 3.05) is 0 Å². The Balaban J connectivity index is 1.42. The maximum atomic E-state index is 12.6. The van der Waals surface area contributed by atoms with Crippen molar-refractivity contribution in [2.24, 2.45) is 23.2 Å². The quantitative estimate of drug-likeness (QED) is 0.852. The summed E-state index contributed by atoms with van der Waals surface area (Å²) in [4.78, 5) is 12.5. The van der Waals surface area contributed by atoms with Gasteiger partial charge in [-0.25, -0.2) is 0 Å². The van der Waals surface area contributed by atoms with Crippen molar-refractivity contribution in [1.29, 1.82) is 0 Å². The van der Waals surface area contributed by atoms with Crippen molar-refractivity contribution >= 4 is 5.91 Å². The first-order valence-corrected chi connectivity index (χ1v) is 9.67. The van der Waals surface area contributed by atoms with Gasteiger partial charge in [-0.2, -0.15) is 18.3 Å². The van der Waals surface area contributed by atoms with Crippen molar-refractivity contribution < 1.29 is 18.0 Å². The molecule has 1 amide bonds. The molecule has 4 fully saturated rings. The van der Waals surface area contributed by atoms with Gasteiger partial charge in [-0.05, 0) is 74.2 Å². The molecule has 0 spiro atoms. The molecule has 4 nitrogen and oxygen atoms in total. The molecule has 1 heterocycles. The van der Waals surface area contributed by atoms with Gasteiger partial charge in [0, 0.05) is 12.2 Å². The van der Waals surface area contributed by atoms with Crippen molar-refractivity contribution in [1.82, 2.24) is 15.1 Å². The summed E-state index contributed by atoms with van der Waals surface area (Å²) in [6, 6.07) is 1.02. The molecule has 5 rings (SSSR count). The van der Waals surface area contributed by atoms with E-state index in [1.165, 1.54) is 44.7 Å². The van der Waals surface area contributed by atoms with E-state index in [1.54, 1.807) is 0 Å². The van der Waals surface area contributed by atoms with E-state index in [-0.39, 0.29) is 23.9 Å². The maximum absolute atomic E-state index is 12.6. The van der Waals surface area contributed by atoms with E-state index in [2.05, 4.69) is 17.3 Å². The van der Waals surface area contributed by atoms with Crippen LogP contribution >= 0.6 is 0 Å². The molecule has 4 aliphatic carbocycles.